The highest BCUT2D eigenvalue weighted by atomic mass is 80.0. The molecule has 0 aliphatic carbocycles. The van der Waals surface area contributed by atoms with Crippen molar-refractivity contribution in [2.75, 3.05) is 0 Å². The lowest BCUT2D eigenvalue weighted by Crippen LogP contribution is -2.07. The molecule has 55 valence electrons. The SMILES string of the molecule is CCC(C)[CH]C(Br)(Br)Br. The van der Waals surface area contributed by atoms with Gasteiger partial charge in [0.05, 0.1) is 0 Å². The maximum absolute atomic E-state index is 3.40. The zero-order valence-corrected chi connectivity index (χ0v) is 10.3. The Morgan fingerprint density at radius 1 is 1.44 bits per heavy atom. The van der Waals surface area contributed by atoms with Gasteiger partial charge in [-0.3, -0.25) is 0 Å². The van der Waals surface area contributed by atoms with Crippen molar-refractivity contribution in [1.29, 1.82) is 0 Å². The van der Waals surface area contributed by atoms with Crippen LogP contribution in [-0.2, 0) is 0 Å². The molecule has 0 aliphatic heterocycles. The normalized spacial score (nSPS) is 15.7. The highest BCUT2D eigenvalue weighted by molar-refractivity contribution is 9.39. The van der Waals surface area contributed by atoms with Crippen molar-refractivity contribution in [3.63, 3.8) is 0 Å². The maximum Gasteiger partial charge on any atom is 0.138 e. The predicted molar refractivity (Wildman–Crippen MR) is 53.3 cm³/mol. The van der Waals surface area contributed by atoms with E-state index in [4.69, 9.17) is 0 Å². The number of alkyl halides is 3. The summed E-state index contributed by atoms with van der Waals surface area (Å²) in [7, 11) is 0. The zero-order valence-electron chi connectivity index (χ0n) is 5.50. The van der Waals surface area contributed by atoms with Crippen LogP contribution >= 0.6 is 47.8 Å². The first-order valence-electron chi connectivity index (χ1n) is 2.88. The lowest BCUT2D eigenvalue weighted by molar-refractivity contribution is 0.644. The Hall–Kier alpha value is 1.44. The highest BCUT2D eigenvalue weighted by Gasteiger charge is 2.20. The molecule has 0 saturated carbocycles. The first-order chi connectivity index (χ1) is 3.95. The minimum Gasteiger partial charge on any atom is -0.0651 e. The van der Waals surface area contributed by atoms with Crippen molar-refractivity contribution in [1.82, 2.24) is 0 Å². The second kappa shape index (κ2) is 4.35. The molecule has 9 heavy (non-hydrogen) atoms. The van der Waals surface area contributed by atoms with Gasteiger partial charge in [-0.2, -0.15) is 0 Å². The average Bonchev–Trinajstić information content (AvgIpc) is 1.62. The second-order valence-corrected chi connectivity index (χ2v) is 9.04. The lowest BCUT2D eigenvalue weighted by Gasteiger charge is -2.15. The Kier molecular flexibility index (Phi) is 5.04. The Morgan fingerprint density at radius 2 is 1.89 bits per heavy atom. The lowest BCUT2D eigenvalue weighted by atomic mass is 10.1. The molecule has 0 rings (SSSR count). The average molecular weight is 322 g/mol. The van der Waals surface area contributed by atoms with Gasteiger partial charge in [-0.25, -0.2) is 0 Å². The molecule has 0 spiro atoms. The summed E-state index contributed by atoms with van der Waals surface area (Å²) < 4.78 is -0.164. The minimum atomic E-state index is -0.164. The fraction of sp³-hybridized carbons (Fsp3) is 0.833. The van der Waals surface area contributed by atoms with E-state index in [0.29, 0.717) is 5.92 Å². The third kappa shape index (κ3) is 7.34. The van der Waals surface area contributed by atoms with Crippen molar-refractivity contribution < 1.29 is 0 Å². The minimum absolute atomic E-state index is 0.164. The fourth-order valence-electron chi connectivity index (χ4n) is 0.440. The van der Waals surface area contributed by atoms with Gasteiger partial charge in [0.2, 0.25) is 0 Å². The predicted octanol–water partition coefficient (Wildman–Crippen LogP) is 4.08. The molecule has 0 amide bonds. The van der Waals surface area contributed by atoms with Crippen molar-refractivity contribution in [3.05, 3.63) is 6.42 Å². The van der Waals surface area contributed by atoms with E-state index in [9.17, 15) is 0 Å². The van der Waals surface area contributed by atoms with Gasteiger partial charge in [0.25, 0.3) is 0 Å². The molecule has 0 N–H and O–H groups in total. The molecule has 1 unspecified atom stereocenters. The fourth-order valence-corrected chi connectivity index (χ4v) is 1.79. The largest absolute Gasteiger partial charge is 0.138 e. The third-order valence-electron chi connectivity index (χ3n) is 1.12. The van der Waals surface area contributed by atoms with E-state index in [1.165, 1.54) is 6.42 Å². The number of rotatable bonds is 2. The molecule has 0 nitrogen and oxygen atoms in total. The Bertz CT molecular complexity index is 74.9. The van der Waals surface area contributed by atoms with Crippen LogP contribution in [-0.4, -0.2) is 2.14 Å². The summed E-state index contributed by atoms with van der Waals surface area (Å²) in [5, 5.41) is 0. The van der Waals surface area contributed by atoms with Gasteiger partial charge >= 0.3 is 0 Å². The highest BCUT2D eigenvalue weighted by Crippen LogP contribution is 2.39. The molecule has 0 bridgehead atoms. The van der Waals surface area contributed by atoms with Crippen LogP contribution < -0.4 is 0 Å². The van der Waals surface area contributed by atoms with Gasteiger partial charge < -0.3 is 0 Å². The molecular weight excluding hydrogens is 312 g/mol. The topological polar surface area (TPSA) is 0 Å². The summed E-state index contributed by atoms with van der Waals surface area (Å²) in [6.45, 7) is 4.35. The Labute approximate surface area is 82.2 Å². The Morgan fingerprint density at radius 3 is 2.00 bits per heavy atom. The van der Waals surface area contributed by atoms with Crippen LogP contribution in [0.2, 0.25) is 0 Å². The summed E-state index contributed by atoms with van der Waals surface area (Å²) in [5.74, 6) is 0.628. The van der Waals surface area contributed by atoms with Crippen LogP contribution in [0.25, 0.3) is 0 Å². The van der Waals surface area contributed by atoms with Crippen LogP contribution in [0.1, 0.15) is 20.3 Å². The monoisotopic (exact) mass is 319 g/mol. The Balaban J connectivity index is 3.47. The van der Waals surface area contributed by atoms with Crippen molar-refractivity contribution in [2.24, 2.45) is 5.92 Å². The zero-order chi connectivity index (χ0) is 7.49. The summed E-state index contributed by atoms with van der Waals surface area (Å²) in [6, 6.07) is 0. The number of halogens is 3. The molecule has 0 aromatic heterocycles. The van der Waals surface area contributed by atoms with Crippen LogP contribution in [0.5, 0.6) is 0 Å². The molecule has 0 aromatic carbocycles. The molecule has 0 fully saturated rings. The second-order valence-electron chi connectivity index (χ2n) is 2.09. The number of hydrogen-bond acceptors (Lipinski definition) is 0. The van der Waals surface area contributed by atoms with Crippen molar-refractivity contribution in [2.45, 2.75) is 22.4 Å². The molecule has 0 aliphatic rings. The molecule has 1 atom stereocenters. The molecular formula is C6H10Br3. The molecule has 0 aromatic rings. The quantitative estimate of drug-likeness (QED) is 0.672. The summed E-state index contributed by atoms with van der Waals surface area (Å²) in [4.78, 5) is 0. The standard InChI is InChI=1S/C6H10Br3/c1-3-5(2)4-6(7,8)9/h4-5H,3H2,1-2H3. The van der Waals surface area contributed by atoms with Gasteiger partial charge in [-0.1, -0.05) is 68.1 Å². The first-order valence-corrected chi connectivity index (χ1v) is 5.26. The maximum atomic E-state index is 3.40. The van der Waals surface area contributed by atoms with E-state index in [-0.39, 0.29) is 2.14 Å². The van der Waals surface area contributed by atoms with E-state index >= 15 is 0 Å². The van der Waals surface area contributed by atoms with Crippen molar-refractivity contribution >= 4 is 47.8 Å². The molecule has 0 saturated heterocycles. The van der Waals surface area contributed by atoms with E-state index < -0.39 is 0 Å². The third-order valence-corrected chi connectivity index (χ3v) is 1.91. The molecule has 0 heterocycles. The van der Waals surface area contributed by atoms with E-state index in [1.807, 2.05) is 0 Å². The van der Waals surface area contributed by atoms with Crippen LogP contribution in [0.15, 0.2) is 0 Å². The van der Waals surface area contributed by atoms with E-state index in [1.54, 1.807) is 0 Å². The van der Waals surface area contributed by atoms with Gasteiger partial charge in [0.1, 0.15) is 2.14 Å². The van der Waals surface area contributed by atoms with E-state index in [2.05, 4.69) is 68.1 Å². The van der Waals surface area contributed by atoms with Crippen molar-refractivity contribution in [3.8, 4) is 0 Å². The van der Waals surface area contributed by atoms with Crippen LogP contribution in [0.3, 0.4) is 0 Å². The van der Waals surface area contributed by atoms with Gasteiger partial charge in [-0.05, 0) is 5.92 Å². The van der Waals surface area contributed by atoms with Gasteiger partial charge in [0, 0.05) is 6.42 Å². The molecule has 1 radical (unpaired) electrons. The van der Waals surface area contributed by atoms with Gasteiger partial charge in [-0.15, -0.1) is 0 Å². The number of hydrogen-bond donors (Lipinski definition) is 0. The van der Waals surface area contributed by atoms with Crippen LogP contribution in [0, 0.1) is 12.3 Å². The summed E-state index contributed by atoms with van der Waals surface area (Å²) >= 11 is 10.2. The summed E-state index contributed by atoms with van der Waals surface area (Å²) in [5.41, 5.74) is 0. The van der Waals surface area contributed by atoms with Gasteiger partial charge in [0.15, 0.2) is 0 Å². The summed E-state index contributed by atoms with van der Waals surface area (Å²) in [6.07, 6.45) is 3.33. The van der Waals surface area contributed by atoms with E-state index in [0.717, 1.165) is 0 Å². The first kappa shape index (κ1) is 10.4. The smallest absolute Gasteiger partial charge is 0.0651 e. The molecule has 3 heteroatoms. The van der Waals surface area contributed by atoms with Crippen LogP contribution in [0.4, 0.5) is 0 Å².